The fourth-order valence-electron chi connectivity index (χ4n) is 2.48. The van der Waals surface area contributed by atoms with Crippen molar-refractivity contribution < 1.29 is 9.84 Å². The fraction of sp³-hybridized carbons (Fsp3) is 0.167. The first kappa shape index (κ1) is 13.6. The number of pyridine rings is 1. The largest absolute Gasteiger partial charge is 0.488 e. The third-order valence-electron chi connectivity index (χ3n) is 3.55. The molecule has 0 spiro atoms. The minimum Gasteiger partial charge on any atom is -0.488 e. The van der Waals surface area contributed by atoms with Crippen LogP contribution < -0.4 is 4.74 Å². The minimum absolute atomic E-state index is 0.0230. The van der Waals surface area contributed by atoms with Crippen LogP contribution in [-0.2, 0) is 13.2 Å². The van der Waals surface area contributed by atoms with Crippen molar-refractivity contribution in [2.75, 3.05) is 0 Å². The van der Waals surface area contributed by atoms with Gasteiger partial charge in [-0.25, -0.2) is 0 Å². The molecule has 0 aliphatic heterocycles. The average Bonchev–Trinajstić information content (AvgIpc) is 2.53. The summed E-state index contributed by atoms with van der Waals surface area (Å²) in [6.45, 7) is 2.40. The molecule has 0 amide bonds. The zero-order chi connectivity index (χ0) is 14.7. The standard InChI is InChI=1S/C18H17NO2/c1-13-5-2-7-15(11-20)18(13)21-12-16-8-3-6-14-9-4-10-19-17(14)16/h2-10,20H,11-12H2,1H3. The summed E-state index contributed by atoms with van der Waals surface area (Å²) in [7, 11) is 0. The van der Waals surface area contributed by atoms with Gasteiger partial charge in [0.15, 0.2) is 0 Å². The molecule has 0 bridgehead atoms. The molecule has 1 N–H and O–H groups in total. The van der Waals surface area contributed by atoms with E-state index < -0.39 is 0 Å². The second-order valence-electron chi connectivity index (χ2n) is 5.00. The Hall–Kier alpha value is -2.39. The molecular weight excluding hydrogens is 262 g/mol. The van der Waals surface area contributed by atoms with Crippen molar-refractivity contribution in [2.45, 2.75) is 20.1 Å². The third kappa shape index (κ3) is 2.73. The third-order valence-corrected chi connectivity index (χ3v) is 3.55. The van der Waals surface area contributed by atoms with Gasteiger partial charge >= 0.3 is 0 Å². The maximum Gasteiger partial charge on any atom is 0.128 e. The first-order valence-electron chi connectivity index (χ1n) is 6.94. The van der Waals surface area contributed by atoms with Crippen molar-refractivity contribution in [3.05, 3.63) is 71.4 Å². The van der Waals surface area contributed by atoms with E-state index in [0.717, 1.165) is 33.3 Å². The highest BCUT2D eigenvalue weighted by Gasteiger charge is 2.08. The minimum atomic E-state index is -0.0230. The second kappa shape index (κ2) is 5.94. The van der Waals surface area contributed by atoms with E-state index in [-0.39, 0.29) is 6.61 Å². The van der Waals surface area contributed by atoms with Gasteiger partial charge in [-0.05, 0) is 18.6 Å². The molecular formula is C18H17NO2. The first-order valence-corrected chi connectivity index (χ1v) is 6.94. The van der Waals surface area contributed by atoms with Crippen LogP contribution in [0.2, 0.25) is 0 Å². The molecule has 0 unspecified atom stereocenters. The monoisotopic (exact) mass is 279 g/mol. The summed E-state index contributed by atoms with van der Waals surface area (Å²) in [6.07, 6.45) is 1.79. The van der Waals surface area contributed by atoms with Gasteiger partial charge in [0.25, 0.3) is 0 Å². The van der Waals surface area contributed by atoms with Gasteiger partial charge in [-0.1, -0.05) is 42.5 Å². The fourth-order valence-corrected chi connectivity index (χ4v) is 2.48. The van der Waals surface area contributed by atoms with E-state index >= 15 is 0 Å². The number of ether oxygens (including phenoxy) is 1. The number of aliphatic hydroxyl groups is 1. The molecule has 106 valence electrons. The normalized spacial score (nSPS) is 10.8. The van der Waals surface area contributed by atoms with Crippen molar-refractivity contribution >= 4 is 10.9 Å². The Morgan fingerprint density at radius 2 is 1.76 bits per heavy atom. The molecule has 1 aromatic heterocycles. The molecule has 0 radical (unpaired) electrons. The molecule has 0 fully saturated rings. The SMILES string of the molecule is Cc1cccc(CO)c1OCc1cccc2cccnc12. The van der Waals surface area contributed by atoms with Crippen molar-refractivity contribution in [1.29, 1.82) is 0 Å². The average molecular weight is 279 g/mol. The summed E-state index contributed by atoms with van der Waals surface area (Å²) in [4.78, 5) is 4.43. The number of benzene rings is 2. The van der Waals surface area contributed by atoms with Gasteiger partial charge in [-0.2, -0.15) is 0 Å². The highest BCUT2D eigenvalue weighted by molar-refractivity contribution is 5.81. The van der Waals surface area contributed by atoms with E-state index in [0.29, 0.717) is 6.61 Å². The first-order chi connectivity index (χ1) is 10.3. The van der Waals surface area contributed by atoms with Crippen LogP contribution in [0.25, 0.3) is 10.9 Å². The number of fused-ring (bicyclic) bond motifs is 1. The lowest BCUT2D eigenvalue weighted by atomic mass is 10.1. The van der Waals surface area contributed by atoms with Gasteiger partial charge in [0.2, 0.25) is 0 Å². The number of aromatic nitrogens is 1. The predicted octanol–water partition coefficient (Wildman–Crippen LogP) is 3.61. The van der Waals surface area contributed by atoms with Gasteiger partial charge in [-0.3, -0.25) is 4.98 Å². The lowest BCUT2D eigenvalue weighted by Gasteiger charge is -2.13. The molecule has 0 atom stereocenters. The number of hydrogen-bond donors (Lipinski definition) is 1. The highest BCUT2D eigenvalue weighted by atomic mass is 16.5. The Morgan fingerprint density at radius 1 is 1.00 bits per heavy atom. The lowest BCUT2D eigenvalue weighted by Crippen LogP contribution is -2.01. The molecule has 21 heavy (non-hydrogen) atoms. The Bertz CT molecular complexity index is 763. The maximum atomic E-state index is 9.42. The molecule has 2 aromatic carbocycles. The number of aryl methyl sites for hydroxylation is 1. The van der Waals surface area contributed by atoms with Crippen molar-refractivity contribution in [3.8, 4) is 5.75 Å². The Kier molecular flexibility index (Phi) is 3.84. The molecule has 3 rings (SSSR count). The zero-order valence-electron chi connectivity index (χ0n) is 11.9. The summed E-state index contributed by atoms with van der Waals surface area (Å²) >= 11 is 0. The van der Waals surface area contributed by atoms with Crippen LogP contribution in [0.1, 0.15) is 16.7 Å². The molecule has 0 aliphatic carbocycles. The van der Waals surface area contributed by atoms with Crippen LogP contribution in [0.4, 0.5) is 0 Å². The highest BCUT2D eigenvalue weighted by Crippen LogP contribution is 2.25. The van der Waals surface area contributed by atoms with Gasteiger partial charge in [0.05, 0.1) is 12.1 Å². The number of aliphatic hydroxyl groups excluding tert-OH is 1. The quantitative estimate of drug-likeness (QED) is 0.793. The lowest BCUT2D eigenvalue weighted by molar-refractivity contribution is 0.258. The summed E-state index contributed by atoms with van der Waals surface area (Å²) in [5.74, 6) is 0.757. The number of rotatable bonds is 4. The van der Waals surface area contributed by atoms with E-state index in [1.807, 2.05) is 55.5 Å². The van der Waals surface area contributed by atoms with Crippen molar-refractivity contribution in [3.63, 3.8) is 0 Å². The Labute approximate surface area is 123 Å². The van der Waals surface area contributed by atoms with Gasteiger partial charge in [-0.15, -0.1) is 0 Å². The topological polar surface area (TPSA) is 42.4 Å². The van der Waals surface area contributed by atoms with Crippen LogP contribution in [0.3, 0.4) is 0 Å². The van der Waals surface area contributed by atoms with Gasteiger partial charge in [0, 0.05) is 22.7 Å². The molecule has 1 heterocycles. The van der Waals surface area contributed by atoms with E-state index in [1.54, 1.807) is 6.20 Å². The Morgan fingerprint density at radius 3 is 2.62 bits per heavy atom. The summed E-state index contributed by atoms with van der Waals surface area (Å²) in [6, 6.07) is 15.8. The maximum absolute atomic E-state index is 9.42. The molecule has 3 aromatic rings. The van der Waals surface area contributed by atoms with Crippen molar-refractivity contribution in [2.24, 2.45) is 0 Å². The molecule has 0 aliphatic rings. The smallest absolute Gasteiger partial charge is 0.128 e. The summed E-state index contributed by atoms with van der Waals surface area (Å²) in [5.41, 5.74) is 3.83. The van der Waals surface area contributed by atoms with Crippen LogP contribution in [0.15, 0.2) is 54.7 Å². The van der Waals surface area contributed by atoms with Crippen LogP contribution in [0, 0.1) is 6.92 Å². The van der Waals surface area contributed by atoms with E-state index in [2.05, 4.69) is 4.98 Å². The van der Waals surface area contributed by atoms with E-state index in [4.69, 9.17) is 4.74 Å². The Balaban J connectivity index is 1.91. The molecule has 3 nitrogen and oxygen atoms in total. The number of hydrogen-bond acceptors (Lipinski definition) is 3. The predicted molar refractivity (Wildman–Crippen MR) is 83.2 cm³/mol. The molecule has 0 saturated carbocycles. The molecule has 0 saturated heterocycles. The zero-order valence-corrected chi connectivity index (χ0v) is 11.9. The van der Waals surface area contributed by atoms with E-state index in [9.17, 15) is 5.11 Å². The number of nitrogens with zero attached hydrogens (tertiary/aromatic N) is 1. The van der Waals surface area contributed by atoms with Gasteiger partial charge < -0.3 is 9.84 Å². The van der Waals surface area contributed by atoms with Crippen molar-refractivity contribution in [1.82, 2.24) is 4.98 Å². The van der Waals surface area contributed by atoms with Crippen LogP contribution >= 0.6 is 0 Å². The summed E-state index contributed by atoms with van der Waals surface area (Å²) in [5, 5.41) is 10.5. The van der Waals surface area contributed by atoms with E-state index in [1.165, 1.54) is 0 Å². The van der Waals surface area contributed by atoms with Gasteiger partial charge in [0.1, 0.15) is 12.4 Å². The second-order valence-corrected chi connectivity index (χ2v) is 5.00. The van der Waals surface area contributed by atoms with Crippen LogP contribution in [-0.4, -0.2) is 10.1 Å². The molecule has 3 heteroatoms. The van der Waals surface area contributed by atoms with Crippen LogP contribution in [0.5, 0.6) is 5.75 Å². The summed E-state index contributed by atoms with van der Waals surface area (Å²) < 4.78 is 5.95. The number of para-hydroxylation sites is 2.